The van der Waals surface area contributed by atoms with Crippen molar-refractivity contribution in [1.82, 2.24) is 15.1 Å². The van der Waals surface area contributed by atoms with Gasteiger partial charge in [0.25, 0.3) is 0 Å². The van der Waals surface area contributed by atoms with Crippen molar-refractivity contribution in [3.05, 3.63) is 0 Å². The van der Waals surface area contributed by atoms with E-state index in [0.29, 0.717) is 6.04 Å². The number of piperidine rings is 1. The number of amides is 2. The molecule has 0 aromatic heterocycles. The third kappa shape index (κ3) is 3.47. The van der Waals surface area contributed by atoms with Crippen LogP contribution in [0.3, 0.4) is 0 Å². The minimum absolute atomic E-state index is 0.0440. The van der Waals surface area contributed by atoms with E-state index >= 15 is 0 Å². The van der Waals surface area contributed by atoms with E-state index in [1.807, 2.05) is 32.7 Å². The van der Waals surface area contributed by atoms with Crippen LogP contribution in [0.5, 0.6) is 0 Å². The topological polar surface area (TPSA) is 61.9 Å². The molecule has 3 aliphatic heterocycles. The number of ether oxygens (including phenoxy) is 1. The highest BCUT2D eigenvalue weighted by Gasteiger charge is 2.45. The summed E-state index contributed by atoms with van der Waals surface area (Å²) in [6, 6.07) is 0.773. The molecule has 0 aromatic carbocycles. The summed E-state index contributed by atoms with van der Waals surface area (Å²) in [4.78, 5) is 28.3. The summed E-state index contributed by atoms with van der Waals surface area (Å²) in [5.41, 5.74) is -0.452. The Morgan fingerprint density at radius 2 is 1.78 bits per heavy atom. The Labute approximate surface area is 138 Å². The Morgan fingerprint density at radius 1 is 1.17 bits per heavy atom. The molecule has 3 saturated heterocycles. The highest BCUT2D eigenvalue weighted by molar-refractivity contribution is 5.83. The molecule has 0 aromatic rings. The van der Waals surface area contributed by atoms with Gasteiger partial charge < -0.3 is 19.9 Å². The molecule has 130 valence electrons. The van der Waals surface area contributed by atoms with Gasteiger partial charge >= 0.3 is 6.09 Å². The third-order valence-corrected chi connectivity index (χ3v) is 5.20. The van der Waals surface area contributed by atoms with E-state index in [1.54, 1.807) is 4.90 Å². The molecule has 0 radical (unpaired) electrons. The lowest BCUT2D eigenvalue weighted by atomic mass is 9.96. The normalized spacial score (nSPS) is 34.2. The summed E-state index contributed by atoms with van der Waals surface area (Å²) >= 11 is 0. The average Bonchev–Trinajstić information content (AvgIpc) is 2.88. The number of fused-ring (bicyclic) bond motifs is 2. The van der Waals surface area contributed by atoms with E-state index in [-0.39, 0.29) is 30.1 Å². The van der Waals surface area contributed by atoms with Crippen LogP contribution in [0.15, 0.2) is 0 Å². The van der Waals surface area contributed by atoms with Crippen molar-refractivity contribution < 1.29 is 14.3 Å². The molecule has 1 N–H and O–H groups in total. The number of hydrogen-bond donors (Lipinski definition) is 1. The minimum Gasteiger partial charge on any atom is -0.444 e. The van der Waals surface area contributed by atoms with Crippen LogP contribution in [-0.4, -0.2) is 65.2 Å². The van der Waals surface area contributed by atoms with E-state index in [0.717, 1.165) is 38.6 Å². The van der Waals surface area contributed by atoms with Crippen molar-refractivity contribution in [3.63, 3.8) is 0 Å². The Balaban J connectivity index is 1.59. The number of likely N-dealkylation sites (tertiary alicyclic amines) is 1. The lowest BCUT2D eigenvalue weighted by molar-refractivity contribution is -0.128. The van der Waals surface area contributed by atoms with Gasteiger partial charge in [0.15, 0.2) is 0 Å². The van der Waals surface area contributed by atoms with Crippen LogP contribution in [0.4, 0.5) is 4.79 Å². The van der Waals surface area contributed by atoms with Gasteiger partial charge in [-0.15, -0.1) is 0 Å². The zero-order valence-electron chi connectivity index (χ0n) is 14.7. The third-order valence-electron chi connectivity index (χ3n) is 5.20. The number of carbonyl (C=O) groups excluding carboxylic acids is 2. The molecule has 3 rings (SSSR count). The molecule has 23 heavy (non-hydrogen) atoms. The molecule has 3 fully saturated rings. The predicted molar refractivity (Wildman–Crippen MR) is 87.1 cm³/mol. The molecular formula is C17H29N3O3. The highest BCUT2D eigenvalue weighted by atomic mass is 16.6. The molecule has 3 atom stereocenters. The Kier molecular flexibility index (Phi) is 4.29. The average molecular weight is 323 g/mol. The van der Waals surface area contributed by atoms with Gasteiger partial charge in [0.1, 0.15) is 5.60 Å². The Hall–Kier alpha value is -1.30. The minimum atomic E-state index is -0.452. The van der Waals surface area contributed by atoms with Gasteiger partial charge in [-0.25, -0.2) is 4.79 Å². The lowest BCUT2D eigenvalue weighted by Crippen LogP contribution is -2.54. The monoisotopic (exact) mass is 323 g/mol. The smallest absolute Gasteiger partial charge is 0.410 e. The summed E-state index contributed by atoms with van der Waals surface area (Å²) in [5, 5.41) is 3.54. The number of carbonyl (C=O) groups is 2. The van der Waals surface area contributed by atoms with Gasteiger partial charge in [0.2, 0.25) is 5.91 Å². The summed E-state index contributed by atoms with van der Waals surface area (Å²) in [7, 11) is 1.86. The number of hydrogen-bond acceptors (Lipinski definition) is 4. The molecule has 0 spiro atoms. The van der Waals surface area contributed by atoms with E-state index < -0.39 is 5.60 Å². The molecule has 3 unspecified atom stereocenters. The number of nitrogens with one attached hydrogen (secondary N) is 1. The number of nitrogens with zero attached hydrogens (tertiary/aromatic N) is 2. The van der Waals surface area contributed by atoms with Crippen molar-refractivity contribution in [2.45, 2.75) is 82.6 Å². The summed E-state index contributed by atoms with van der Waals surface area (Å²) in [6.45, 7) is 6.55. The zero-order valence-corrected chi connectivity index (χ0v) is 14.7. The van der Waals surface area contributed by atoms with Gasteiger partial charge in [0, 0.05) is 31.7 Å². The zero-order chi connectivity index (χ0) is 16.8. The van der Waals surface area contributed by atoms with Crippen LogP contribution >= 0.6 is 0 Å². The van der Waals surface area contributed by atoms with E-state index in [9.17, 15) is 9.59 Å². The van der Waals surface area contributed by atoms with Crippen molar-refractivity contribution in [2.75, 3.05) is 13.6 Å². The first-order valence-corrected chi connectivity index (χ1v) is 8.77. The maximum Gasteiger partial charge on any atom is 0.410 e. The first-order chi connectivity index (χ1) is 10.7. The molecule has 2 amide bonds. The first-order valence-electron chi connectivity index (χ1n) is 8.77. The summed E-state index contributed by atoms with van der Waals surface area (Å²) in [5.74, 6) is 0.201. The molecule has 6 nitrogen and oxygen atoms in total. The SMILES string of the molecule is CN1CCC(NC2CC3CCC(C2)N3C(=O)OC(C)(C)C)C1=O. The fourth-order valence-electron chi connectivity index (χ4n) is 4.19. The van der Waals surface area contributed by atoms with E-state index in [2.05, 4.69) is 5.32 Å². The second-order valence-electron chi connectivity index (χ2n) is 8.21. The maximum absolute atomic E-state index is 12.4. The van der Waals surface area contributed by atoms with E-state index in [1.165, 1.54) is 0 Å². The molecule has 3 heterocycles. The molecule has 3 aliphatic rings. The Bertz CT molecular complexity index is 474. The van der Waals surface area contributed by atoms with Crippen LogP contribution in [0.1, 0.15) is 52.9 Å². The second-order valence-corrected chi connectivity index (χ2v) is 8.21. The maximum atomic E-state index is 12.4. The standard InChI is InChI=1S/C17H29N3O3/c1-17(2,3)23-16(22)20-12-5-6-13(20)10-11(9-12)18-14-7-8-19(4)15(14)21/h11-14,18H,5-10H2,1-4H3. The van der Waals surface area contributed by atoms with Gasteiger partial charge in [-0.05, 0) is 52.9 Å². The second kappa shape index (κ2) is 5.96. The first kappa shape index (κ1) is 16.6. The van der Waals surface area contributed by atoms with Crippen LogP contribution < -0.4 is 5.32 Å². The summed E-state index contributed by atoms with van der Waals surface area (Å²) in [6.07, 6.45) is 4.63. The molecule has 0 saturated carbocycles. The van der Waals surface area contributed by atoms with Gasteiger partial charge in [-0.3, -0.25) is 4.79 Å². The van der Waals surface area contributed by atoms with E-state index in [4.69, 9.17) is 4.74 Å². The van der Waals surface area contributed by atoms with Gasteiger partial charge in [-0.2, -0.15) is 0 Å². The summed E-state index contributed by atoms with van der Waals surface area (Å²) < 4.78 is 5.56. The van der Waals surface area contributed by atoms with Crippen molar-refractivity contribution in [2.24, 2.45) is 0 Å². The van der Waals surface area contributed by atoms with Crippen LogP contribution in [0, 0.1) is 0 Å². The van der Waals surface area contributed by atoms with Gasteiger partial charge in [0.05, 0.1) is 6.04 Å². The highest BCUT2D eigenvalue weighted by Crippen LogP contribution is 2.37. The molecule has 6 heteroatoms. The van der Waals surface area contributed by atoms with Crippen molar-refractivity contribution in [3.8, 4) is 0 Å². The fraction of sp³-hybridized carbons (Fsp3) is 0.882. The predicted octanol–water partition coefficient (Wildman–Crippen LogP) is 1.74. The largest absolute Gasteiger partial charge is 0.444 e. The molecule has 2 bridgehead atoms. The van der Waals surface area contributed by atoms with Crippen LogP contribution in [0.25, 0.3) is 0 Å². The number of likely N-dealkylation sites (N-methyl/N-ethyl adjacent to an activating group) is 1. The molecular weight excluding hydrogens is 294 g/mol. The van der Waals surface area contributed by atoms with Crippen LogP contribution in [-0.2, 0) is 9.53 Å². The molecule has 0 aliphatic carbocycles. The Morgan fingerprint density at radius 3 is 2.26 bits per heavy atom. The van der Waals surface area contributed by atoms with Gasteiger partial charge in [-0.1, -0.05) is 0 Å². The fourth-order valence-corrected chi connectivity index (χ4v) is 4.19. The van der Waals surface area contributed by atoms with Crippen molar-refractivity contribution >= 4 is 12.0 Å². The lowest BCUT2D eigenvalue weighted by Gasteiger charge is -2.40. The van der Waals surface area contributed by atoms with Crippen LogP contribution in [0.2, 0.25) is 0 Å². The van der Waals surface area contributed by atoms with Crippen molar-refractivity contribution in [1.29, 1.82) is 0 Å². The quantitative estimate of drug-likeness (QED) is 0.841. The number of rotatable bonds is 2.